The third-order valence-corrected chi connectivity index (χ3v) is 6.48. The molecule has 158 valence electrons. The Balaban J connectivity index is 1.18. The molecule has 0 aliphatic heterocycles. The SMILES string of the molecule is O=C(CCSc1nnnn1-c1ccccc1)Nc1nc(-c2ccc3ccccc3c2)cs1. The van der Waals surface area contributed by atoms with E-state index in [0.29, 0.717) is 22.5 Å². The number of aromatic nitrogens is 5. The molecule has 5 aromatic rings. The highest BCUT2D eigenvalue weighted by molar-refractivity contribution is 7.99. The van der Waals surface area contributed by atoms with Crippen molar-refractivity contribution >= 4 is 44.9 Å². The van der Waals surface area contributed by atoms with Gasteiger partial charge in [0, 0.05) is 23.1 Å². The first-order valence-electron chi connectivity index (χ1n) is 9.97. The molecule has 0 bridgehead atoms. The van der Waals surface area contributed by atoms with E-state index in [1.54, 1.807) is 4.68 Å². The molecule has 1 amide bonds. The average molecular weight is 459 g/mol. The number of benzene rings is 3. The number of hydrogen-bond acceptors (Lipinski definition) is 7. The van der Waals surface area contributed by atoms with Crippen LogP contribution in [0.5, 0.6) is 0 Å². The van der Waals surface area contributed by atoms with Gasteiger partial charge in [0.1, 0.15) is 0 Å². The second kappa shape index (κ2) is 9.29. The fraction of sp³-hybridized carbons (Fsp3) is 0.0870. The van der Waals surface area contributed by atoms with Gasteiger partial charge in [-0.05, 0) is 39.4 Å². The Kier molecular flexibility index (Phi) is 5.91. The first-order valence-corrected chi connectivity index (χ1v) is 11.8. The zero-order valence-electron chi connectivity index (χ0n) is 16.9. The highest BCUT2D eigenvalue weighted by atomic mass is 32.2. The van der Waals surface area contributed by atoms with E-state index < -0.39 is 0 Å². The van der Waals surface area contributed by atoms with E-state index >= 15 is 0 Å². The van der Waals surface area contributed by atoms with Crippen molar-refractivity contribution in [1.29, 1.82) is 0 Å². The van der Waals surface area contributed by atoms with Crippen molar-refractivity contribution in [2.45, 2.75) is 11.6 Å². The summed E-state index contributed by atoms with van der Waals surface area (Å²) in [5.74, 6) is 0.470. The van der Waals surface area contributed by atoms with Gasteiger partial charge in [-0.3, -0.25) is 4.79 Å². The molecule has 0 fully saturated rings. The number of para-hydroxylation sites is 1. The molecule has 0 spiro atoms. The first-order chi connectivity index (χ1) is 15.8. The van der Waals surface area contributed by atoms with Gasteiger partial charge in [-0.15, -0.1) is 16.4 Å². The number of nitrogens with zero attached hydrogens (tertiary/aromatic N) is 5. The molecular formula is C23H18N6OS2. The fourth-order valence-electron chi connectivity index (χ4n) is 3.23. The second-order valence-corrected chi connectivity index (χ2v) is 8.88. The molecule has 0 aliphatic rings. The Morgan fingerprint density at radius 2 is 1.81 bits per heavy atom. The lowest BCUT2D eigenvalue weighted by Crippen LogP contribution is -2.12. The molecule has 5 rings (SSSR count). The summed E-state index contributed by atoms with van der Waals surface area (Å²) in [7, 11) is 0. The molecule has 2 heterocycles. The summed E-state index contributed by atoms with van der Waals surface area (Å²) in [6.07, 6.45) is 0.331. The molecule has 32 heavy (non-hydrogen) atoms. The Labute approximate surface area is 192 Å². The quantitative estimate of drug-likeness (QED) is 0.343. The van der Waals surface area contributed by atoms with Crippen molar-refractivity contribution in [3.05, 3.63) is 78.2 Å². The molecule has 0 aliphatic carbocycles. The largest absolute Gasteiger partial charge is 0.302 e. The normalized spacial score (nSPS) is 11.0. The van der Waals surface area contributed by atoms with Crippen molar-refractivity contribution in [2.75, 3.05) is 11.1 Å². The van der Waals surface area contributed by atoms with Crippen LogP contribution in [0.1, 0.15) is 6.42 Å². The monoisotopic (exact) mass is 458 g/mol. The number of nitrogens with one attached hydrogen (secondary N) is 1. The maximum Gasteiger partial charge on any atom is 0.226 e. The van der Waals surface area contributed by atoms with Gasteiger partial charge in [-0.1, -0.05) is 66.4 Å². The van der Waals surface area contributed by atoms with E-state index in [2.05, 4.69) is 56.2 Å². The maximum atomic E-state index is 12.4. The van der Waals surface area contributed by atoms with Crippen LogP contribution in [-0.2, 0) is 4.79 Å². The van der Waals surface area contributed by atoms with Crippen molar-refractivity contribution in [2.24, 2.45) is 0 Å². The lowest BCUT2D eigenvalue weighted by molar-refractivity contribution is -0.115. The van der Waals surface area contributed by atoms with E-state index in [4.69, 9.17) is 0 Å². The van der Waals surface area contributed by atoms with E-state index in [-0.39, 0.29) is 5.91 Å². The highest BCUT2D eigenvalue weighted by Gasteiger charge is 2.12. The lowest BCUT2D eigenvalue weighted by atomic mass is 10.1. The third kappa shape index (κ3) is 4.53. The number of carbonyl (C=O) groups excluding carboxylic acids is 1. The minimum absolute atomic E-state index is 0.0874. The van der Waals surface area contributed by atoms with Gasteiger partial charge in [0.25, 0.3) is 0 Å². The zero-order valence-corrected chi connectivity index (χ0v) is 18.5. The van der Waals surface area contributed by atoms with Crippen LogP contribution in [0.3, 0.4) is 0 Å². The van der Waals surface area contributed by atoms with Crippen LogP contribution >= 0.6 is 23.1 Å². The standard InChI is InChI=1S/C23H18N6OS2/c30-21(12-13-31-23-26-27-28-29(23)19-8-2-1-3-9-19)25-22-24-20(15-32-22)18-11-10-16-6-4-5-7-17(16)14-18/h1-11,14-15H,12-13H2,(H,24,25,30). The van der Waals surface area contributed by atoms with Crippen molar-refractivity contribution < 1.29 is 4.79 Å². The number of amides is 1. The van der Waals surface area contributed by atoms with E-state index in [0.717, 1.165) is 16.9 Å². The van der Waals surface area contributed by atoms with Gasteiger partial charge in [0.2, 0.25) is 11.1 Å². The molecule has 0 atom stereocenters. The lowest BCUT2D eigenvalue weighted by Gasteiger charge is -2.04. The molecule has 7 nitrogen and oxygen atoms in total. The van der Waals surface area contributed by atoms with Crippen LogP contribution in [-0.4, -0.2) is 36.9 Å². The Morgan fingerprint density at radius 3 is 2.69 bits per heavy atom. The summed E-state index contributed by atoms with van der Waals surface area (Å²) in [4.78, 5) is 17.0. The summed E-state index contributed by atoms with van der Waals surface area (Å²) >= 11 is 2.86. The van der Waals surface area contributed by atoms with E-state index in [9.17, 15) is 4.79 Å². The van der Waals surface area contributed by atoms with Crippen LogP contribution in [0.15, 0.2) is 83.3 Å². The van der Waals surface area contributed by atoms with Gasteiger partial charge in [-0.2, -0.15) is 4.68 Å². The number of rotatable bonds is 7. The highest BCUT2D eigenvalue weighted by Crippen LogP contribution is 2.28. The van der Waals surface area contributed by atoms with E-state index in [1.807, 2.05) is 47.8 Å². The Bertz CT molecular complexity index is 1370. The molecule has 9 heteroatoms. The summed E-state index contributed by atoms with van der Waals surface area (Å²) in [5, 5.41) is 20.3. The van der Waals surface area contributed by atoms with E-state index in [1.165, 1.54) is 33.9 Å². The zero-order chi connectivity index (χ0) is 21.8. The van der Waals surface area contributed by atoms with Gasteiger partial charge in [0.05, 0.1) is 11.4 Å². The van der Waals surface area contributed by atoms with Crippen molar-refractivity contribution in [3.63, 3.8) is 0 Å². The number of fused-ring (bicyclic) bond motifs is 1. The van der Waals surface area contributed by atoms with Crippen molar-refractivity contribution in [3.8, 4) is 16.9 Å². The van der Waals surface area contributed by atoms with Gasteiger partial charge >= 0.3 is 0 Å². The topological polar surface area (TPSA) is 85.6 Å². The summed E-state index contributed by atoms with van der Waals surface area (Å²) < 4.78 is 1.67. The second-order valence-electron chi connectivity index (χ2n) is 6.96. The number of thioether (sulfide) groups is 1. The first kappa shape index (κ1) is 20.3. The van der Waals surface area contributed by atoms with Crippen molar-refractivity contribution in [1.82, 2.24) is 25.2 Å². The van der Waals surface area contributed by atoms with Crippen LogP contribution < -0.4 is 5.32 Å². The van der Waals surface area contributed by atoms with Gasteiger partial charge in [-0.25, -0.2) is 4.98 Å². The average Bonchev–Trinajstić information content (AvgIpc) is 3.49. The van der Waals surface area contributed by atoms with Crippen LogP contribution in [0.4, 0.5) is 5.13 Å². The molecule has 0 saturated carbocycles. The molecule has 2 aromatic heterocycles. The Morgan fingerprint density at radius 1 is 1.00 bits per heavy atom. The van der Waals surface area contributed by atoms with Crippen LogP contribution in [0.2, 0.25) is 0 Å². The predicted molar refractivity (Wildman–Crippen MR) is 128 cm³/mol. The number of hydrogen-bond donors (Lipinski definition) is 1. The van der Waals surface area contributed by atoms with Crippen LogP contribution in [0.25, 0.3) is 27.7 Å². The smallest absolute Gasteiger partial charge is 0.226 e. The molecule has 0 radical (unpaired) electrons. The number of tetrazole rings is 1. The number of carbonyl (C=O) groups is 1. The van der Waals surface area contributed by atoms with Gasteiger partial charge in [0.15, 0.2) is 5.13 Å². The minimum atomic E-state index is -0.0874. The summed E-state index contributed by atoms with van der Waals surface area (Å²) in [6, 6.07) is 24.1. The predicted octanol–water partition coefficient (Wildman–Crippen LogP) is 5.06. The number of thiazole rings is 1. The maximum absolute atomic E-state index is 12.4. The fourth-order valence-corrected chi connectivity index (χ4v) is 4.79. The third-order valence-electron chi connectivity index (χ3n) is 4.80. The van der Waals surface area contributed by atoms with Crippen LogP contribution in [0, 0.1) is 0 Å². The molecule has 0 saturated heterocycles. The molecular weight excluding hydrogens is 440 g/mol. The number of anilines is 1. The molecule has 3 aromatic carbocycles. The molecule has 1 N–H and O–H groups in total. The minimum Gasteiger partial charge on any atom is -0.302 e. The summed E-state index contributed by atoms with van der Waals surface area (Å²) in [5.41, 5.74) is 2.77. The summed E-state index contributed by atoms with van der Waals surface area (Å²) in [6.45, 7) is 0. The molecule has 0 unspecified atom stereocenters. The van der Waals surface area contributed by atoms with Gasteiger partial charge < -0.3 is 5.32 Å². The Hall–Kier alpha value is -3.56.